The van der Waals surface area contributed by atoms with Gasteiger partial charge in [0.15, 0.2) is 0 Å². The molecule has 3 saturated heterocycles. The van der Waals surface area contributed by atoms with E-state index in [1.54, 1.807) is 29.4 Å². The fourth-order valence-electron chi connectivity index (χ4n) is 3.93. The lowest BCUT2D eigenvalue weighted by molar-refractivity contribution is -0.140. The predicted octanol–water partition coefficient (Wildman–Crippen LogP) is 1.77. The monoisotopic (exact) mass is 373 g/mol. The molecule has 2 unspecified atom stereocenters. The SMILES string of the molecule is O=C(CCCn1ccnc1)N1CC2CCC(C1)N(Cc1cscn1)C2=O. The first-order valence-corrected chi connectivity index (χ1v) is 10.1. The van der Waals surface area contributed by atoms with E-state index in [4.69, 9.17) is 0 Å². The van der Waals surface area contributed by atoms with Gasteiger partial charge in [-0.25, -0.2) is 9.97 Å². The maximum atomic E-state index is 12.8. The second-order valence-corrected chi connectivity index (χ2v) is 7.80. The van der Waals surface area contributed by atoms with Gasteiger partial charge in [0.1, 0.15) is 0 Å². The van der Waals surface area contributed by atoms with Crippen LogP contribution in [0.3, 0.4) is 0 Å². The van der Waals surface area contributed by atoms with E-state index in [-0.39, 0.29) is 23.8 Å². The van der Waals surface area contributed by atoms with Gasteiger partial charge in [0, 0.05) is 49.9 Å². The lowest BCUT2D eigenvalue weighted by Gasteiger charge is -2.35. The first-order valence-electron chi connectivity index (χ1n) is 9.12. The van der Waals surface area contributed by atoms with Crippen molar-refractivity contribution in [3.63, 3.8) is 0 Å². The zero-order chi connectivity index (χ0) is 17.9. The number of rotatable bonds is 6. The summed E-state index contributed by atoms with van der Waals surface area (Å²) in [7, 11) is 0. The summed E-state index contributed by atoms with van der Waals surface area (Å²) in [5.41, 5.74) is 2.74. The number of amides is 2. The molecule has 7 nitrogen and oxygen atoms in total. The van der Waals surface area contributed by atoms with Crippen LogP contribution >= 0.6 is 11.3 Å². The molecular weight excluding hydrogens is 350 g/mol. The Morgan fingerprint density at radius 3 is 3.00 bits per heavy atom. The van der Waals surface area contributed by atoms with Crippen molar-refractivity contribution in [2.75, 3.05) is 13.1 Å². The summed E-state index contributed by atoms with van der Waals surface area (Å²) in [6, 6.07) is 0.112. The van der Waals surface area contributed by atoms with Gasteiger partial charge in [-0.1, -0.05) is 0 Å². The number of piperidine rings is 1. The number of aryl methyl sites for hydroxylation is 1. The Morgan fingerprint density at radius 1 is 1.31 bits per heavy atom. The Labute approximate surface area is 156 Å². The summed E-state index contributed by atoms with van der Waals surface area (Å²) in [4.78, 5) is 37.7. The number of fused-ring (bicyclic) bond motifs is 4. The van der Waals surface area contributed by atoms with Crippen molar-refractivity contribution >= 4 is 23.2 Å². The van der Waals surface area contributed by atoms with Crippen molar-refractivity contribution in [1.82, 2.24) is 24.3 Å². The van der Waals surface area contributed by atoms with Gasteiger partial charge >= 0.3 is 0 Å². The molecule has 5 heterocycles. The maximum absolute atomic E-state index is 12.8. The molecule has 5 rings (SSSR count). The third kappa shape index (κ3) is 3.65. The van der Waals surface area contributed by atoms with Crippen LogP contribution in [0, 0.1) is 5.92 Å². The van der Waals surface area contributed by atoms with Gasteiger partial charge in [0.2, 0.25) is 11.8 Å². The average molecular weight is 373 g/mol. The molecule has 0 aliphatic carbocycles. The van der Waals surface area contributed by atoms with Gasteiger partial charge < -0.3 is 14.4 Å². The summed E-state index contributed by atoms with van der Waals surface area (Å²) in [6.07, 6.45) is 8.58. The van der Waals surface area contributed by atoms with Gasteiger partial charge in [0.05, 0.1) is 30.0 Å². The normalized spacial score (nSPS) is 22.7. The number of hydrogen-bond donors (Lipinski definition) is 0. The van der Waals surface area contributed by atoms with E-state index in [1.165, 1.54) is 0 Å². The smallest absolute Gasteiger partial charge is 0.228 e. The van der Waals surface area contributed by atoms with Crippen LogP contribution in [0.5, 0.6) is 0 Å². The molecule has 2 amide bonds. The van der Waals surface area contributed by atoms with Gasteiger partial charge in [-0.3, -0.25) is 9.59 Å². The fraction of sp³-hybridized carbons (Fsp3) is 0.556. The third-order valence-electron chi connectivity index (χ3n) is 5.33. The molecule has 2 aromatic heterocycles. The van der Waals surface area contributed by atoms with E-state index in [9.17, 15) is 9.59 Å². The quantitative estimate of drug-likeness (QED) is 0.774. The topological polar surface area (TPSA) is 71.3 Å². The Bertz CT molecular complexity index is 746. The summed E-state index contributed by atoms with van der Waals surface area (Å²) in [5, 5.41) is 1.99. The van der Waals surface area contributed by atoms with E-state index in [2.05, 4.69) is 9.97 Å². The Morgan fingerprint density at radius 2 is 2.23 bits per heavy atom. The minimum absolute atomic E-state index is 0.0648. The highest BCUT2D eigenvalue weighted by molar-refractivity contribution is 7.07. The largest absolute Gasteiger partial charge is 0.340 e. The lowest BCUT2D eigenvalue weighted by Crippen LogP contribution is -2.47. The van der Waals surface area contributed by atoms with Crippen molar-refractivity contribution in [2.24, 2.45) is 5.92 Å². The van der Waals surface area contributed by atoms with Crippen molar-refractivity contribution in [3.05, 3.63) is 35.3 Å². The van der Waals surface area contributed by atoms with Crippen LogP contribution in [0.25, 0.3) is 0 Å². The molecule has 0 N–H and O–H groups in total. The van der Waals surface area contributed by atoms with Crippen LogP contribution in [-0.4, -0.2) is 55.3 Å². The molecule has 138 valence electrons. The molecule has 2 aromatic rings. The Kier molecular flexibility index (Phi) is 5.01. The summed E-state index contributed by atoms with van der Waals surface area (Å²) in [6.45, 7) is 2.57. The van der Waals surface area contributed by atoms with Crippen molar-refractivity contribution < 1.29 is 9.59 Å². The van der Waals surface area contributed by atoms with Crippen LogP contribution in [0.15, 0.2) is 29.6 Å². The number of carbonyl (C=O) groups excluding carboxylic acids is 2. The molecule has 2 bridgehead atoms. The molecule has 3 aliphatic rings. The summed E-state index contributed by atoms with van der Waals surface area (Å²) < 4.78 is 1.98. The van der Waals surface area contributed by atoms with Crippen molar-refractivity contribution in [1.29, 1.82) is 0 Å². The molecule has 3 fully saturated rings. The molecule has 8 heteroatoms. The molecule has 0 spiro atoms. The first-order chi connectivity index (χ1) is 12.7. The Balaban J connectivity index is 1.37. The standard InChI is InChI=1S/C18H23N5O2S/c24-17(2-1-6-21-7-5-19-12-21)22-8-14-3-4-16(10-22)23(18(14)25)9-15-11-26-13-20-15/h5,7,11-14,16H,1-4,6,8-10H2. The zero-order valence-electron chi connectivity index (χ0n) is 14.7. The van der Waals surface area contributed by atoms with Crippen LogP contribution in [0.4, 0.5) is 0 Å². The Hall–Kier alpha value is -2.22. The van der Waals surface area contributed by atoms with E-state index in [1.807, 2.05) is 25.9 Å². The predicted molar refractivity (Wildman–Crippen MR) is 97.2 cm³/mol. The van der Waals surface area contributed by atoms with Crippen LogP contribution in [0.2, 0.25) is 0 Å². The minimum Gasteiger partial charge on any atom is -0.340 e. The second kappa shape index (κ2) is 7.57. The van der Waals surface area contributed by atoms with E-state index in [0.29, 0.717) is 26.1 Å². The number of thiazole rings is 1. The number of hydrogen-bond acceptors (Lipinski definition) is 5. The molecule has 0 aromatic carbocycles. The van der Waals surface area contributed by atoms with E-state index >= 15 is 0 Å². The molecule has 0 radical (unpaired) electrons. The van der Waals surface area contributed by atoms with E-state index in [0.717, 1.165) is 31.5 Å². The third-order valence-corrected chi connectivity index (χ3v) is 5.96. The average Bonchev–Trinajstić information content (AvgIpc) is 3.27. The molecule has 26 heavy (non-hydrogen) atoms. The fourth-order valence-corrected chi connectivity index (χ4v) is 4.48. The molecule has 3 aliphatic heterocycles. The van der Waals surface area contributed by atoms with Gasteiger partial charge in [-0.05, 0) is 19.3 Å². The molecular formula is C18H23N5O2S. The highest BCUT2D eigenvalue weighted by atomic mass is 32.1. The second-order valence-electron chi connectivity index (χ2n) is 7.08. The van der Waals surface area contributed by atoms with Crippen LogP contribution in [-0.2, 0) is 22.7 Å². The number of aromatic nitrogens is 3. The van der Waals surface area contributed by atoms with Crippen molar-refractivity contribution in [3.8, 4) is 0 Å². The molecule has 0 saturated carbocycles. The van der Waals surface area contributed by atoms with Gasteiger partial charge in [-0.2, -0.15) is 0 Å². The van der Waals surface area contributed by atoms with Crippen molar-refractivity contribution in [2.45, 2.75) is 44.8 Å². The minimum atomic E-state index is -0.0648. The van der Waals surface area contributed by atoms with Gasteiger partial charge in [0.25, 0.3) is 0 Å². The highest BCUT2D eigenvalue weighted by Crippen LogP contribution is 2.30. The van der Waals surface area contributed by atoms with Crippen LogP contribution in [0.1, 0.15) is 31.4 Å². The summed E-state index contributed by atoms with van der Waals surface area (Å²) >= 11 is 1.55. The maximum Gasteiger partial charge on any atom is 0.228 e. The first kappa shape index (κ1) is 17.2. The van der Waals surface area contributed by atoms with Crippen LogP contribution < -0.4 is 0 Å². The number of carbonyl (C=O) groups is 2. The number of nitrogens with zero attached hydrogens (tertiary/aromatic N) is 5. The number of imidazole rings is 1. The van der Waals surface area contributed by atoms with E-state index < -0.39 is 0 Å². The highest BCUT2D eigenvalue weighted by Gasteiger charge is 2.41. The summed E-state index contributed by atoms with van der Waals surface area (Å²) in [5.74, 6) is 0.276. The zero-order valence-corrected chi connectivity index (χ0v) is 15.5. The molecule has 2 atom stereocenters. The lowest BCUT2D eigenvalue weighted by atomic mass is 9.94. The van der Waals surface area contributed by atoms with Gasteiger partial charge in [-0.15, -0.1) is 11.3 Å².